The van der Waals surface area contributed by atoms with Gasteiger partial charge in [0.05, 0.1) is 5.39 Å². The fraction of sp³-hybridized carbons (Fsp3) is 0.0476. The number of rotatable bonds is 3. The lowest BCUT2D eigenvalue weighted by molar-refractivity contribution is 0.102. The van der Waals surface area contributed by atoms with Crippen molar-refractivity contribution in [3.63, 3.8) is 0 Å². The van der Waals surface area contributed by atoms with E-state index in [4.69, 9.17) is 0 Å². The van der Waals surface area contributed by atoms with Gasteiger partial charge in [-0.15, -0.1) is 11.3 Å². The molecule has 2 aromatic heterocycles. The lowest BCUT2D eigenvalue weighted by Gasteiger charge is -2.11. The van der Waals surface area contributed by atoms with Gasteiger partial charge in [-0.2, -0.15) is 0 Å². The van der Waals surface area contributed by atoms with Crippen molar-refractivity contribution in [2.24, 2.45) is 0 Å². The van der Waals surface area contributed by atoms with Crippen LogP contribution in [0.4, 0.5) is 5.69 Å². The van der Waals surface area contributed by atoms with Gasteiger partial charge in [0.2, 0.25) is 5.43 Å². The number of carbonyl (C=O) groups is 1. The quantitative estimate of drug-likeness (QED) is 0.708. The number of aromatic amines is 1. The zero-order valence-corrected chi connectivity index (χ0v) is 14.7. The molecule has 0 atom stereocenters. The standard InChI is InChI=1S/C21H16N2O2S/c24-19-16-11-12-26-21(16)22-13-17(19)20(25)23-18-10-6-5-9-15(18)14-7-3-1-2-4-8-14/h1,3-13H,2H2,(H,22,24)(H,23,25). The number of fused-ring (bicyclic) bond motifs is 1. The van der Waals surface area contributed by atoms with E-state index in [1.54, 1.807) is 6.07 Å². The molecule has 1 aliphatic rings. The predicted molar refractivity (Wildman–Crippen MR) is 108 cm³/mol. The Morgan fingerprint density at radius 2 is 2.04 bits per heavy atom. The highest BCUT2D eigenvalue weighted by atomic mass is 32.1. The maximum absolute atomic E-state index is 12.7. The van der Waals surface area contributed by atoms with Crippen LogP contribution >= 0.6 is 11.3 Å². The SMILES string of the molecule is O=C(Nc1ccccc1C1=CC=CCC=C1)c1c[nH]c2sccc2c1=O. The fourth-order valence-electron chi connectivity index (χ4n) is 2.91. The molecule has 0 unspecified atom stereocenters. The normalized spacial score (nSPS) is 13.5. The number of nitrogens with one attached hydrogen (secondary N) is 2. The van der Waals surface area contributed by atoms with Crippen molar-refractivity contribution in [3.8, 4) is 0 Å². The minimum absolute atomic E-state index is 0.107. The Morgan fingerprint density at radius 3 is 2.96 bits per heavy atom. The number of hydrogen-bond donors (Lipinski definition) is 2. The first-order valence-corrected chi connectivity index (χ1v) is 9.15. The minimum Gasteiger partial charge on any atom is -0.352 e. The molecule has 0 bridgehead atoms. The van der Waals surface area contributed by atoms with Gasteiger partial charge in [-0.3, -0.25) is 9.59 Å². The number of allylic oxidation sites excluding steroid dienone is 6. The molecule has 26 heavy (non-hydrogen) atoms. The maximum Gasteiger partial charge on any atom is 0.261 e. The highest BCUT2D eigenvalue weighted by Gasteiger charge is 2.15. The van der Waals surface area contributed by atoms with E-state index in [1.807, 2.05) is 47.9 Å². The van der Waals surface area contributed by atoms with Gasteiger partial charge < -0.3 is 10.3 Å². The Bertz CT molecular complexity index is 1130. The molecule has 0 spiro atoms. The molecule has 2 heterocycles. The lowest BCUT2D eigenvalue weighted by atomic mass is 10.0. The summed E-state index contributed by atoms with van der Waals surface area (Å²) in [5, 5.41) is 5.26. The van der Waals surface area contributed by atoms with Crippen LogP contribution in [0.25, 0.3) is 15.8 Å². The Morgan fingerprint density at radius 1 is 1.15 bits per heavy atom. The molecule has 1 aromatic carbocycles. The van der Waals surface area contributed by atoms with E-state index < -0.39 is 5.91 Å². The number of benzene rings is 1. The van der Waals surface area contributed by atoms with Crippen LogP contribution in [0.2, 0.25) is 0 Å². The Labute approximate surface area is 154 Å². The van der Waals surface area contributed by atoms with Crippen LogP contribution in [0.3, 0.4) is 0 Å². The molecule has 5 heteroatoms. The van der Waals surface area contributed by atoms with E-state index in [2.05, 4.69) is 22.5 Å². The monoisotopic (exact) mass is 360 g/mol. The lowest BCUT2D eigenvalue weighted by Crippen LogP contribution is -2.22. The van der Waals surface area contributed by atoms with Gasteiger partial charge in [0.1, 0.15) is 10.4 Å². The summed E-state index contributed by atoms with van der Waals surface area (Å²) in [4.78, 5) is 29.1. The summed E-state index contributed by atoms with van der Waals surface area (Å²) >= 11 is 1.44. The Balaban J connectivity index is 1.70. The number of anilines is 1. The van der Waals surface area contributed by atoms with E-state index in [9.17, 15) is 9.59 Å². The van der Waals surface area contributed by atoms with Crippen molar-refractivity contribution < 1.29 is 4.79 Å². The number of para-hydroxylation sites is 1. The molecule has 1 amide bonds. The van der Waals surface area contributed by atoms with Crippen LogP contribution in [-0.4, -0.2) is 10.9 Å². The van der Waals surface area contributed by atoms with Gasteiger partial charge in [0, 0.05) is 17.4 Å². The first-order valence-electron chi connectivity index (χ1n) is 8.27. The van der Waals surface area contributed by atoms with E-state index in [0.29, 0.717) is 11.1 Å². The largest absolute Gasteiger partial charge is 0.352 e. The average Bonchev–Trinajstić information content (AvgIpc) is 2.98. The van der Waals surface area contributed by atoms with Gasteiger partial charge in [0.25, 0.3) is 5.91 Å². The number of pyridine rings is 1. The fourth-order valence-corrected chi connectivity index (χ4v) is 3.66. The van der Waals surface area contributed by atoms with Gasteiger partial charge in [-0.05, 0) is 29.5 Å². The van der Waals surface area contributed by atoms with Gasteiger partial charge in [0.15, 0.2) is 0 Å². The molecule has 0 fully saturated rings. The minimum atomic E-state index is -0.416. The summed E-state index contributed by atoms with van der Waals surface area (Å²) in [6.07, 6.45) is 12.6. The molecule has 0 radical (unpaired) electrons. The molecular weight excluding hydrogens is 344 g/mol. The molecule has 1 aliphatic carbocycles. The Kier molecular flexibility index (Phi) is 4.37. The van der Waals surface area contributed by atoms with E-state index >= 15 is 0 Å². The smallest absolute Gasteiger partial charge is 0.261 e. The summed E-state index contributed by atoms with van der Waals surface area (Å²) in [7, 11) is 0. The summed E-state index contributed by atoms with van der Waals surface area (Å²) < 4.78 is 0. The number of H-pyrrole nitrogens is 1. The van der Waals surface area contributed by atoms with Gasteiger partial charge in [-0.1, -0.05) is 48.6 Å². The molecule has 0 saturated carbocycles. The third kappa shape index (κ3) is 3.05. The predicted octanol–water partition coefficient (Wildman–Crippen LogP) is 4.74. The van der Waals surface area contributed by atoms with E-state index in [0.717, 1.165) is 22.4 Å². The number of hydrogen-bond acceptors (Lipinski definition) is 3. The zero-order valence-electron chi connectivity index (χ0n) is 13.9. The van der Waals surface area contributed by atoms with Crippen LogP contribution in [0, 0.1) is 0 Å². The third-order valence-electron chi connectivity index (χ3n) is 4.21. The molecular formula is C21H16N2O2S. The van der Waals surface area contributed by atoms with Crippen molar-refractivity contribution in [1.82, 2.24) is 4.98 Å². The van der Waals surface area contributed by atoms with Crippen LogP contribution in [0.15, 0.2) is 77.1 Å². The highest BCUT2D eigenvalue weighted by molar-refractivity contribution is 7.16. The summed E-state index contributed by atoms with van der Waals surface area (Å²) in [5.74, 6) is -0.416. The average molecular weight is 360 g/mol. The molecule has 128 valence electrons. The van der Waals surface area contributed by atoms with Gasteiger partial charge in [-0.25, -0.2) is 0 Å². The number of carbonyl (C=O) groups excluding carboxylic acids is 1. The van der Waals surface area contributed by atoms with Crippen LogP contribution < -0.4 is 10.7 Å². The van der Waals surface area contributed by atoms with Crippen LogP contribution in [-0.2, 0) is 0 Å². The second kappa shape index (κ2) is 6.98. The third-order valence-corrected chi connectivity index (χ3v) is 5.06. The van der Waals surface area contributed by atoms with Crippen molar-refractivity contribution in [1.29, 1.82) is 0 Å². The molecule has 3 aromatic rings. The first-order chi connectivity index (χ1) is 12.7. The number of amides is 1. The van der Waals surface area contributed by atoms with Crippen molar-refractivity contribution in [2.45, 2.75) is 6.42 Å². The maximum atomic E-state index is 12.7. The molecule has 4 nitrogen and oxygen atoms in total. The van der Waals surface area contributed by atoms with Crippen molar-refractivity contribution in [3.05, 3.63) is 93.6 Å². The van der Waals surface area contributed by atoms with Gasteiger partial charge >= 0.3 is 0 Å². The van der Waals surface area contributed by atoms with E-state index in [1.165, 1.54) is 17.5 Å². The first kappa shape index (κ1) is 16.3. The summed E-state index contributed by atoms with van der Waals surface area (Å²) in [5.41, 5.74) is 2.45. The van der Waals surface area contributed by atoms with E-state index in [-0.39, 0.29) is 11.0 Å². The topological polar surface area (TPSA) is 62.0 Å². The highest BCUT2D eigenvalue weighted by Crippen LogP contribution is 2.26. The number of thiophene rings is 1. The molecule has 0 saturated heterocycles. The Hall–Kier alpha value is -3.18. The van der Waals surface area contributed by atoms with Crippen LogP contribution in [0.1, 0.15) is 22.3 Å². The summed E-state index contributed by atoms with van der Waals surface area (Å²) in [6.45, 7) is 0. The second-order valence-electron chi connectivity index (χ2n) is 5.88. The second-order valence-corrected chi connectivity index (χ2v) is 6.80. The summed E-state index contributed by atoms with van der Waals surface area (Å²) in [6, 6.07) is 9.32. The van der Waals surface area contributed by atoms with Crippen molar-refractivity contribution in [2.75, 3.05) is 5.32 Å². The molecule has 4 rings (SSSR count). The van der Waals surface area contributed by atoms with Crippen LogP contribution in [0.5, 0.6) is 0 Å². The zero-order chi connectivity index (χ0) is 17.9. The van der Waals surface area contributed by atoms with Crippen molar-refractivity contribution >= 4 is 38.7 Å². The molecule has 2 N–H and O–H groups in total. The number of aromatic nitrogens is 1. The molecule has 0 aliphatic heterocycles.